The van der Waals surface area contributed by atoms with Crippen molar-refractivity contribution in [2.45, 2.75) is 30.4 Å². The van der Waals surface area contributed by atoms with Gasteiger partial charge in [-0.05, 0) is 37.1 Å². The number of benzene rings is 1. The van der Waals surface area contributed by atoms with Crippen molar-refractivity contribution in [1.82, 2.24) is 4.90 Å². The monoisotopic (exact) mass is 323 g/mol. The second kappa shape index (κ2) is 7.76. The third-order valence-corrected chi connectivity index (χ3v) is 4.73. The molecule has 1 atom stereocenters. The first kappa shape index (κ1) is 16.9. The Labute approximate surface area is 144 Å². The molecular weight excluding hydrogens is 298 g/mol. The van der Waals surface area contributed by atoms with Gasteiger partial charge in [-0.15, -0.1) is 0 Å². The molecule has 0 bridgehead atoms. The van der Waals surface area contributed by atoms with Gasteiger partial charge in [0.25, 0.3) is 0 Å². The number of hydrogen-bond acceptors (Lipinski definition) is 4. The van der Waals surface area contributed by atoms with Crippen molar-refractivity contribution < 1.29 is 4.74 Å². The molecule has 1 aromatic carbocycles. The lowest BCUT2D eigenvalue weighted by Gasteiger charge is -2.25. The second-order valence-corrected chi connectivity index (χ2v) is 6.61. The molecular formula is C20H25N3O. The number of allylic oxidation sites excluding steroid dienone is 2. The molecule has 1 aromatic rings. The van der Waals surface area contributed by atoms with E-state index < -0.39 is 5.60 Å². The zero-order valence-corrected chi connectivity index (χ0v) is 14.0. The maximum absolute atomic E-state index is 9.54. The van der Waals surface area contributed by atoms with Gasteiger partial charge in [0.1, 0.15) is 6.07 Å². The summed E-state index contributed by atoms with van der Waals surface area (Å²) in [5.74, 6) is 0.211. The molecule has 0 spiro atoms. The van der Waals surface area contributed by atoms with Crippen LogP contribution in [-0.4, -0.2) is 42.8 Å². The number of nitriles is 1. The topological polar surface area (TPSA) is 62.3 Å². The minimum absolute atomic E-state index is 0.211. The van der Waals surface area contributed by atoms with Gasteiger partial charge in [0.2, 0.25) is 0 Å². The van der Waals surface area contributed by atoms with Gasteiger partial charge in [0.05, 0.1) is 6.61 Å². The summed E-state index contributed by atoms with van der Waals surface area (Å²) < 4.78 is 5.90. The van der Waals surface area contributed by atoms with E-state index in [1.807, 2.05) is 30.4 Å². The highest BCUT2D eigenvalue weighted by molar-refractivity contribution is 5.39. The fourth-order valence-corrected chi connectivity index (χ4v) is 3.31. The van der Waals surface area contributed by atoms with Crippen LogP contribution in [-0.2, 0) is 4.74 Å². The van der Waals surface area contributed by atoms with Crippen molar-refractivity contribution in [2.75, 3.05) is 26.2 Å². The fraction of sp³-hybridized carbons (Fsp3) is 0.450. The summed E-state index contributed by atoms with van der Waals surface area (Å²) >= 11 is 0. The standard InChI is InChI=1S/C20H25N3O/c21-16-20(24-14-4-12-23-13-9-19(22)15-23)10-7-18(8-11-20)17-5-2-1-3-6-17/h1-3,5-8,10-11,18-19H,4,9,12-15,22H2/t18?,19-,20?/m1/s1. The van der Waals surface area contributed by atoms with Crippen LogP contribution < -0.4 is 5.73 Å². The van der Waals surface area contributed by atoms with Crippen LogP contribution >= 0.6 is 0 Å². The molecule has 2 N–H and O–H groups in total. The van der Waals surface area contributed by atoms with Crippen LogP contribution in [0.4, 0.5) is 0 Å². The Morgan fingerprint density at radius 2 is 2.00 bits per heavy atom. The third kappa shape index (κ3) is 4.12. The maximum Gasteiger partial charge on any atom is 0.191 e. The van der Waals surface area contributed by atoms with Gasteiger partial charge in [0.15, 0.2) is 5.60 Å². The van der Waals surface area contributed by atoms with Gasteiger partial charge in [-0.2, -0.15) is 5.26 Å². The van der Waals surface area contributed by atoms with Crippen LogP contribution in [0.5, 0.6) is 0 Å². The lowest BCUT2D eigenvalue weighted by molar-refractivity contribution is 0.0596. The average molecular weight is 323 g/mol. The first-order valence-corrected chi connectivity index (χ1v) is 8.67. The Hall–Kier alpha value is -1.93. The normalized spacial score (nSPS) is 29.7. The van der Waals surface area contributed by atoms with Crippen molar-refractivity contribution in [1.29, 1.82) is 5.26 Å². The molecule has 1 saturated heterocycles. The lowest BCUT2D eigenvalue weighted by Crippen LogP contribution is -2.31. The Balaban J connectivity index is 1.49. The number of nitrogens with two attached hydrogens (primary N) is 1. The van der Waals surface area contributed by atoms with E-state index in [0.29, 0.717) is 12.6 Å². The van der Waals surface area contributed by atoms with Crippen LogP contribution in [0.15, 0.2) is 54.6 Å². The predicted molar refractivity (Wildman–Crippen MR) is 95.4 cm³/mol. The molecule has 0 aromatic heterocycles. The van der Waals surface area contributed by atoms with Crippen molar-refractivity contribution in [2.24, 2.45) is 5.73 Å². The molecule has 0 unspecified atom stereocenters. The van der Waals surface area contributed by atoms with Gasteiger partial charge in [-0.3, -0.25) is 0 Å². The lowest BCUT2D eigenvalue weighted by atomic mass is 9.89. The van der Waals surface area contributed by atoms with Crippen LogP contribution in [0.1, 0.15) is 24.3 Å². The number of likely N-dealkylation sites (tertiary alicyclic amines) is 1. The smallest absolute Gasteiger partial charge is 0.191 e. The van der Waals surface area contributed by atoms with Crippen LogP contribution in [0.2, 0.25) is 0 Å². The Morgan fingerprint density at radius 3 is 2.62 bits per heavy atom. The van der Waals surface area contributed by atoms with E-state index in [1.165, 1.54) is 5.56 Å². The summed E-state index contributed by atoms with van der Waals surface area (Å²) in [6.45, 7) is 3.60. The molecule has 24 heavy (non-hydrogen) atoms. The molecule has 3 rings (SSSR count). The van der Waals surface area contributed by atoms with Crippen molar-refractivity contribution in [3.63, 3.8) is 0 Å². The summed E-state index contributed by atoms with van der Waals surface area (Å²) in [5.41, 5.74) is 6.22. The molecule has 4 nitrogen and oxygen atoms in total. The molecule has 126 valence electrons. The maximum atomic E-state index is 9.54. The first-order valence-electron chi connectivity index (χ1n) is 8.67. The quantitative estimate of drug-likeness (QED) is 0.646. The Kier molecular flexibility index (Phi) is 5.47. The first-order chi connectivity index (χ1) is 11.7. The highest BCUT2D eigenvalue weighted by atomic mass is 16.5. The third-order valence-electron chi connectivity index (χ3n) is 4.73. The van der Waals surface area contributed by atoms with E-state index in [-0.39, 0.29) is 5.92 Å². The zero-order valence-electron chi connectivity index (χ0n) is 14.0. The zero-order chi connectivity index (χ0) is 16.8. The van der Waals surface area contributed by atoms with E-state index in [9.17, 15) is 5.26 Å². The molecule has 0 saturated carbocycles. The highest BCUT2D eigenvalue weighted by Crippen LogP contribution is 2.28. The molecule has 1 aliphatic heterocycles. The predicted octanol–water partition coefficient (Wildman–Crippen LogP) is 2.60. The number of ether oxygens (including phenoxy) is 1. The molecule has 1 aliphatic carbocycles. The summed E-state index contributed by atoms with van der Waals surface area (Å²) in [5, 5.41) is 9.54. The summed E-state index contributed by atoms with van der Waals surface area (Å²) in [6, 6.07) is 12.9. The van der Waals surface area contributed by atoms with Crippen LogP contribution in [0.3, 0.4) is 0 Å². The van der Waals surface area contributed by atoms with E-state index in [0.717, 1.165) is 32.5 Å². The summed E-state index contributed by atoms with van der Waals surface area (Å²) in [6.07, 6.45) is 9.87. The van der Waals surface area contributed by atoms with E-state index in [1.54, 1.807) is 0 Å². The fourth-order valence-electron chi connectivity index (χ4n) is 3.31. The van der Waals surface area contributed by atoms with Crippen LogP contribution in [0.25, 0.3) is 0 Å². The van der Waals surface area contributed by atoms with Crippen molar-refractivity contribution in [3.8, 4) is 6.07 Å². The SMILES string of the molecule is N#CC1(OCCCN2CC[C@@H](N)C2)C=CC(c2ccccc2)C=C1. The van der Waals surface area contributed by atoms with Gasteiger partial charge < -0.3 is 15.4 Å². The van der Waals surface area contributed by atoms with E-state index >= 15 is 0 Å². The van der Waals surface area contributed by atoms with Gasteiger partial charge in [-0.1, -0.05) is 42.5 Å². The van der Waals surface area contributed by atoms with Gasteiger partial charge in [0, 0.05) is 25.0 Å². The number of hydrogen-bond donors (Lipinski definition) is 1. The molecule has 2 aliphatic rings. The van der Waals surface area contributed by atoms with E-state index in [4.69, 9.17) is 10.5 Å². The van der Waals surface area contributed by atoms with Crippen molar-refractivity contribution in [3.05, 3.63) is 60.2 Å². The summed E-state index contributed by atoms with van der Waals surface area (Å²) in [7, 11) is 0. The highest BCUT2D eigenvalue weighted by Gasteiger charge is 2.28. The van der Waals surface area contributed by atoms with E-state index in [2.05, 4.69) is 35.3 Å². The summed E-state index contributed by atoms with van der Waals surface area (Å²) in [4.78, 5) is 2.37. The molecule has 1 heterocycles. The minimum atomic E-state index is -0.924. The molecule has 1 fully saturated rings. The van der Waals surface area contributed by atoms with Crippen LogP contribution in [0, 0.1) is 11.3 Å². The Bertz CT molecular complexity index is 618. The number of rotatable bonds is 6. The largest absolute Gasteiger partial charge is 0.353 e. The van der Waals surface area contributed by atoms with Gasteiger partial charge >= 0.3 is 0 Å². The number of nitrogens with zero attached hydrogens (tertiary/aromatic N) is 2. The Morgan fingerprint density at radius 1 is 1.25 bits per heavy atom. The van der Waals surface area contributed by atoms with Gasteiger partial charge in [-0.25, -0.2) is 0 Å². The molecule has 4 heteroatoms. The molecule has 0 radical (unpaired) electrons. The second-order valence-electron chi connectivity index (χ2n) is 6.61. The average Bonchev–Trinajstić information content (AvgIpc) is 3.05. The molecule has 0 amide bonds. The minimum Gasteiger partial charge on any atom is -0.353 e. The van der Waals surface area contributed by atoms with Crippen molar-refractivity contribution >= 4 is 0 Å².